The van der Waals surface area contributed by atoms with E-state index in [4.69, 9.17) is 0 Å². The maximum Gasteiger partial charge on any atom is 0.173 e. The van der Waals surface area contributed by atoms with E-state index in [1.807, 2.05) is 0 Å². The molecule has 1 aliphatic carbocycles. The molecule has 0 heterocycles. The molecule has 1 fully saturated rings. The number of aryl methyl sites for hydroxylation is 2. The van der Waals surface area contributed by atoms with E-state index < -0.39 is 0 Å². The molecule has 0 aromatic heterocycles. The van der Waals surface area contributed by atoms with E-state index in [1.165, 1.54) is 24.8 Å². The number of carbonyl (C=O) groups excluding carboxylic acids is 1. The normalized spacial score (nSPS) is 18.6. The average molecular weight is 304 g/mol. The monoisotopic (exact) mass is 304 g/mol. The highest BCUT2D eigenvalue weighted by molar-refractivity contribution is 7.21. The van der Waals surface area contributed by atoms with Gasteiger partial charge < -0.3 is 0 Å². The Balaban J connectivity index is 2.42. The predicted molar refractivity (Wildman–Crippen MR) is 94.5 cm³/mol. The van der Waals surface area contributed by atoms with Crippen molar-refractivity contribution in [1.29, 1.82) is 0 Å². The van der Waals surface area contributed by atoms with Crippen LogP contribution in [0.25, 0.3) is 0 Å². The fraction of sp³-hybridized carbons (Fsp3) is 0.632. The Kier molecular flexibility index (Phi) is 4.64. The first-order chi connectivity index (χ1) is 9.65. The van der Waals surface area contributed by atoms with E-state index in [0.717, 1.165) is 29.5 Å². The van der Waals surface area contributed by atoms with Crippen LogP contribution in [0.3, 0.4) is 0 Å². The molecule has 21 heavy (non-hydrogen) atoms. The molecular weight excluding hydrogens is 275 g/mol. The maximum absolute atomic E-state index is 13.1. The predicted octanol–water partition coefficient (Wildman–Crippen LogP) is 5.36. The topological polar surface area (TPSA) is 17.1 Å². The molecule has 0 bridgehead atoms. The van der Waals surface area contributed by atoms with Crippen LogP contribution in [0.2, 0.25) is 0 Å². The van der Waals surface area contributed by atoms with E-state index in [9.17, 15) is 4.79 Å². The molecule has 0 saturated heterocycles. The van der Waals surface area contributed by atoms with Gasteiger partial charge in [0, 0.05) is 10.7 Å². The zero-order valence-corrected chi connectivity index (χ0v) is 15.3. The Bertz CT molecular complexity index is 522. The highest BCUT2D eigenvalue weighted by Gasteiger charge is 2.36. The minimum absolute atomic E-state index is 0.126. The summed E-state index contributed by atoms with van der Waals surface area (Å²) in [5.74, 6) is 0.336. The first-order valence-corrected chi connectivity index (χ1v) is 8.68. The Morgan fingerprint density at radius 1 is 1.05 bits per heavy atom. The van der Waals surface area contributed by atoms with E-state index in [2.05, 4.69) is 56.0 Å². The molecule has 2 rings (SSSR count). The maximum atomic E-state index is 13.1. The summed E-state index contributed by atoms with van der Waals surface area (Å²) in [7, 11) is 2.88. The van der Waals surface area contributed by atoms with Gasteiger partial charge in [0.1, 0.15) is 0 Å². The molecule has 1 aromatic carbocycles. The second kappa shape index (κ2) is 5.84. The number of hydrogen-bond donors (Lipinski definition) is 0. The van der Waals surface area contributed by atoms with E-state index in [1.54, 1.807) is 0 Å². The smallest absolute Gasteiger partial charge is 0.173 e. The fourth-order valence-electron chi connectivity index (χ4n) is 3.41. The van der Waals surface area contributed by atoms with Crippen LogP contribution in [0.1, 0.15) is 79.9 Å². The molecular formula is C19H29OP. The Hall–Kier alpha value is -0.680. The Morgan fingerprint density at radius 2 is 1.52 bits per heavy atom. The van der Waals surface area contributed by atoms with Gasteiger partial charge in [0.25, 0.3) is 0 Å². The standard InChI is InChI=1S/C19H29OP/c1-13-11-15(18(3,4)5)12-14(2)16(13)17(20)19(21)9-7-6-8-10-19/h11-12H,6-10,21H2,1-5H3. The third kappa shape index (κ3) is 3.39. The highest BCUT2D eigenvalue weighted by Crippen LogP contribution is 2.40. The number of carbonyl (C=O) groups is 1. The molecule has 1 saturated carbocycles. The number of benzene rings is 1. The average Bonchev–Trinajstić information content (AvgIpc) is 2.37. The molecule has 0 spiro atoms. The van der Waals surface area contributed by atoms with Gasteiger partial charge in [-0.2, -0.15) is 0 Å². The molecule has 1 aliphatic rings. The molecule has 1 nitrogen and oxygen atoms in total. The number of rotatable bonds is 2. The summed E-state index contributed by atoms with van der Waals surface area (Å²) in [6, 6.07) is 4.41. The van der Waals surface area contributed by atoms with Crippen molar-refractivity contribution in [3.05, 3.63) is 34.4 Å². The van der Waals surface area contributed by atoms with Crippen molar-refractivity contribution in [3.8, 4) is 0 Å². The number of Topliss-reactive ketones (excluding diaryl/α,β-unsaturated/α-hetero) is 1. The van der Waals surface area contributed by atoms with Crippen molar-refractivity contribution in [3.63, 3.8) is 0 Å². The number of hydrogen-bond acceptors (Lipinski definition) is 1. The minimum Gasteiger partial charge on any atom is -0.293 e. The third-order valence-corrected chi connectivity index (χ3v) is 5.66. The summed E-state index contributed by atoms with van der Waals surface area (Å²) < 4.78 is 0. The zero-order valence-electron chi connectivity index (χ0n) is 14.2. The van der Waals surface area contributed by atoms with Gasteiger partial charge >= 0.3 is 0 Å². The van der Waals surface area contributed by atoms with Crippen LogP contribution < -0.4 is 0 Å². The molecule has 0 N–H and O–H groups in total. The van der Waals surface area contributed by atoms with E-state index in [0.29, 0.717) is 5.78 Å². The van der Waals surface area contributed by atoms with Gasteiger partial charge in [-0.3, -0.25) is 4.79 Å². The molecule has 0 amide bonds. The molecule has 1 aromatic rings. The lowest BCUT2D eigenvalue weighted by Gasteiger charge is -2.33. The third-order valence-electron chi connectivity index (χ3n) is 4.82. The molecule has 1 atom stereocenters. The minimum atomic E-state index is -0.225. The summed E-state index contributed by atoms with van der Waals surface area (Å²) in [6.07, 6.45) is 5.64. The van der Waals surface area contributed by atoms with E-state index >= 15 is 0 Å². The lowest BCUT2D eigenvalue weighted by Crippen LogP contribution is -2.35. The molecule has 0 aliphatic heterocycles. The Morgan fingerprint density at radius 3 is 1.95 bits per heavy atom. The largest absolute Gasteiger partial charge is 0.293 e. The summed E-state index contributed by atoms with van der Waals surface area (Å²) in [6.45, 7) is 10.8. The molecule has 116 valence electrons. The van der Waals surface area contributed by atoms with Gasteiger partial charge in [-0.1, -0.05) is 52.2 Å². The SMILES string of the molecule is Cc1cc(C(C)(C)C)cc(C)c1C(=O)C1(P)CCCCC1. The van der Waals surface area contributed by atoms with Crippen molar-refractivity contribution in [2.75, 3.05) is 0 Å². The van der Waals surface area contributed by atoms with Crippen LogP contribution >= 0.6 is 9.24 Å². The van der Waals surface area contributed by atoms with Gasteiger partial charge in [0.15, 0.2) is 5.78 Å². The highest BCUT2D eigenvalue weighted by atomic mass is 31.0. The quantitative estimate of drug-likeness (QED) is 0.531. The van der Waals surface area contributed by atoms with Crippen molar-refractivity contribution < 1.29 is 4.79 Å². The van der Waals surface area contributed by atoms with Gasteiger partial charge in [0.05, 0.1) is 0 Å². The van der Waals surface area contributed by atoms with Gasteiger partial charge in [0.2, 0.25) is 0 Å². The first-order valence-electron chi connectivity index (χ1n) is 8.10. The molecule has 0 radical (unpaired) electrons. The van der Waals surface area contributed by atoms with Crippen LogP contribution in [-0.4, -0.2) is 10.9 Å². The second-order valence-electron chi connectivity index (χ2n) is 7.78. The summed E-state index contributed by atoms with van der Waals surface area (Å²) >= 11 is 0. The molecule has 1 unspecified atom stereocenters. The van der Waals surface area contributed by atoms with Crippen molar-refractivity contribution >= 4 is 15.0 Å². The van der Waals surface area contributed by atoms with Gasteiger partial charge in [-0.05, 0) is 48.8 Å². The van der Waals surface area contributed by atoms with Crippen LogP contribution in [0.15, 0.2) is 12.1 Å². The summed E-state index contributed by atoms with van der Waals surface area (Å²) in [5, 5.41) is -0.225. The Labute approximate surface area is 132 Å². The first kappa shape index (κ1) is 16.7. The van der Waals surface area contributed by atoms with Gasteiger partial charge in [-0.15, -0.1) is 9.24 Å². The van der Waals surface area contributed by atoms with Crippen molar-refractivity contribution in [1.82, 2.24) is 0 Å². The zero-order chi connectivity index (χ0) is 15.8. The van der Waals surface area contributed by atoms with Crippen LogP contribution in [-0.2, 0) is 5.41 Å². The van der Waals surface area contributed by atoms with Crippen LogP contribution in [0, 0.1) is 13.8 Å². The summed E-state index contributed by atoms with van der Waals surface area (Å²) in [4.78, 5) is 13.1. The second-order valence-corrected chi connectivity index (χ2v) is 8.89. The lowest BCUT2D eigenvalue weighted by atomic mass is 9.78. The lowest BCUT2D eigenvalue weighted by molar-refractivity contribution is 0.0916. The number of ketones is 1. The summed E-state index contributed by atoms with van der Waals surface area (Å²) in [5.41, 5.74) is 4.67. The van der Waals surface area contributed by atoms with E-state index in [-0.39, 0.29) is 10.6 Å². The van der Waals surface area contributed by atoms with Crippen LogP contribution in [0.5, 0.6) is 0 Å². The fourth-order valence-corrected chi connectivity index (χ4v) is 3.97. The van der Waals surface area contributed by atoms with Crippen molar-refractivity contribution in [2.24, 2.45) is 0 Å². The molecule has 2 heteroatoms. The van der Waals surface area contributed by atoms with Crippen LogP contribution in [0.4, 0.5) is 0 Å². The van der Waals surface area contributed by atoms with Crippen molar-refractivity contribution in [2.45, 2.75) is 77.3 Å². The van der Waals surface area contributed by atoms with Gasteiger partial charge in [-0.25, -0.2) is 0 Å².